The lowest BCUT2D eigenvalue weighted by atomic mass is 9.84. The van der Waals surface area contributed by atoms with E-state index in [-0.39, 0.29) is 0 Å². The van der Waals surface area contributed by atoms with Crippen molar-refractivity contribution in [2.45, 2.75) is 95.7 Å². The summed E-state index contributed by atoms with van der Waals surface area (Å²) >= 11 is 0. The van der Waals surface area contributed by atoms with E-state index in [9.17, 15) is 0 Å². The van der Waals surface area contributed by atoms with Crippen molar-refractivity contribution in [1.82, 2.24) is 10.2 Å². The van der Waals surface area contributed by atoms with Gasteiger partial charge in [-0.15, -0.1) is 0 Å². The van der Waals surface area contributed by atoms with E-state index in [4.69, 9.17) is 0 Å². The Bertz CT molecular complexity index is 299. The van der Waals surface area contributed by atoms with Crippen LogP contribution in [0.4, 0.5) is 0 Å². The number of hydrogen-bond donors (Lipinski definition) is 1. The number of hydrogen-bond acceptors (Lipinski definition) is 2. The van der Waals surface area contributed by atoms with E-state index in [0.717, 1.165) is 18.0 Å². The maximum atomic E-state index is 3.92. The normalized spacial score (nSPS) is 33.0. The Hall–Kier alpha value is -0.0800. The fourth-order valence-corrected chi connectivity index (χ4v) is 4.72. The maximum absolute atomic E-state index is 3.92. The number of rotatable bonds is 4. The number of nitrogens with one attached hydrogen (secondary N) is 1. The van der Waals surface area contributed by atoms with Crippen LogP contribution in [0.5, 0.6) is 0 Å². The molecule has 2 saturated carbocycles. The van der Waals surface area contributed by atoms with Crippen LogP contribution in [-0.4, -0.2) is 35.6 Å². The summed E-state index contributed by atoms with van der Waals surface area (Å²) < 4.78 is 0. The van der Waals surface area contributed by atoms with E-state index in [2.05, 4.69) is 24.1 Å². The summed E-state index contributed by atoms with van der Waals surface area (Å²) in [6, 6.07) is 1.67. The highest BCUT2D eigenvalue weighted by Gasteiger charge is 2.45. The highest BCUT2D eigenvalue weighted by Crippen LogP contribution is 2.39. The third-order valence-electron chi connectivity index (χ3n) is 6.47. The molecular weight excluding hydrogens is 244 g/mol. The largest absolute Gasteiger partial charge is 0.311 e. The van der Waals surface area contributed by atoms with Crippen LogP contribution in [0.1, 0.15) is 78.1 Å². The Morgan fingerprint density at radius 3 is 2.15 bits per heavy atom. The summed E-state index contributed by atoms with van der Waals surface area (Å²) in [6.07, 6.45) is 14.4. The second kappa shape index (κ2) is 6.36. The summed E-state index contributed by atoms with van der Waals surface area (Å²) in [7, 11) is 0. The molecule has 0 aromatic heterocycles. The van der Waals surface area contributed by atoms with Crippen LogP contribution in [0, 0.1) is 5.92 Å². The van der Waals surface area contributed by atoms with Crippen LogP contribution in [0.15, 0.2) is 0 Å². The first-order chi connectivity index (χ1) is 9.79. The third-order valence-corrected chi connectivity index (χ3v) is 6.47. The lowest BCUT2D eigenvalue weighted by Gasteiger charge is -2.53. The van der Waals surface area contributed by atoms with Gasteiger partial charge < -0.3 is 5.32 Å². The quantitative estimate of drug-likeness (QED) is 0.783. The fourth-order valence-electron chi connectivity index (χ4n) is 4.72. The van der Waals surface area contributed by atoms with Gasteiger partial charge in [0, 0.05) is 30.7 Å². The standard InChI is InChI=1S/C18H34N2/c1-3-18(4-2)14-19-17(15-11-12-15)13-20(18)16-9-7-5-6-8-10-16/h15-17,19H,3-14H2,1-2H3. The van der Waals surface area contributed by atoms with Crippen molar-refractivity contribution in [1.29, 1.82) is 0 Å². The van der Waals surface area contributed by atoms with E-state index in [1.54, 1.807) is 0 Å². The second-order valence-corrected chi connectivity index (χ2v) is 7.55. The molecule has 0 radical (unpaired) electrons. The molecule has 0 aromatic carbocycles. The molecule has 0 bridgehead atoms. The molecule has 2 aliphatic carbocycles. The minimum absolute atomic E-state index is 0.445. The van der Waals surface area contributed by atoms with Crippen LogP contribution >= 0.6 is 0 Å². The number of piperazine rings is 1. The fraction of sp³-hybridized carbons (Fsp3) is 1.00. The molecule has 3 aliphatic rings. The molecule has 2 heteroatoms. The molecule has 1 saturated heterocycles. The highest BCUT2D eigenvalue weighted by atomic mass is 15.3. The lowest BCUT2D eigenvalue weighted by molar-refractivity contribution is -0.0133. The highest BCUT2D eigenvalue weighted by molar-refractivity contribution is 5.03. The summed E-state index contributed by atoms with van der Waals surface area (Å²) in [4.78, 5) is 2.98. The van der Waals surface area contributed by atoms with Crippen LogP contribution in [0.3, 0.4) is 0 Å². The lowest BCUT2D eigenvalue weighted by Crippen LogP contribution is -2.67. The van der Waals surface area contributed by atoms with Crippen LogP contribution in [0.2, 0.25) is 0 Å². The molecule has 20 heavy (non-hydrogen) atoms. The average molecular weight is 278 g/mol. The van der Waals surface area contributed by atoms with Crippen molar-refractivity contribution in [2.24, 2.45) is 5.92 Å². The molecule has 0 spiro atoms. The zero-order valence-electron chi connectivity index (χ0n) is 13.7. The smallest absolute Gasteiger partial charge is 0.0332 e. The zero-order chi connectivity index (χ0) is 14.0. The van der Waals surface area contributed by atoms with Crippen LogP contribution < -0.4 is 5.32 Å². The van der Waals surface area contributed by atoms with Gasteiger partial charge in [0.05, 0.1) is 0 Å². The predicted molar refractivity (Wildman–Crippen MR) is 86.0 cm³/mol. The van der Waals surface area contributed by atoms with Gasteiger partial charge in [0.1, 0.15) is 0 Å². The van der Waals surface area contributed by atoms with E-state index < -0.39 is 0 Å². The summed E-state index contributed by atoms with van der Waals surface area (Å²) in [5, 5.41) is 3.92. The Morgan fingerprint density at radius 2 is 1.60 bits per heavy atom. The second-order valence-electron chi connectivity index (χ2n) is 7.55. The molecule has 0 aromatic rings. The van der Waals surface area contributed by atoms with Crippen LogP contribution in [-0.2, 0) is 0 Å². The molecule has 1 atom stereocenters. The van der Waals surface area contributed by atoms with Crippen molar-refractivity contribution >= 4 is 0 Å². The zero-order valence-corrected chi connectivity index (χ0v) is 13.7. The molecule has 1 aliphatic heterocycles. The molecule has 0 amide bonds. The molecular formula is C18H34N2. The minimum atomic E-state index is 0.445. The van der Waals surface area contributed by atoms with Gasteiger partial charge in [-0.1, -0.05) is 39.5 Å². The minimum Gasteiger partial charge on any atom is -0.311 e. The van der Waals surface area contributed by atoms with Gasteiger partial charge in [-0.05, 0) is 44.4 Å². The number of nitrogens with zero attached hydrogens (tertiary/aromatic N) is 1. The predicted octanol–water partition coefficient (Wildman–Crippen LogP) is 3.95. The van der Waals surface area contributed by atoms with E-state index in [0.29, 0.717) is 5.54 Å². The Labute approximate surface area is 125 Å². The molecule has 2 nitrogen and oxygen atoms in total. The van der Waals surface area contributed by atoms with E-state index >= 15 is 0 Å². The van der Waals surface area contributed by atoms with Gasteiger partial charge in [0.15, 0.2) is 0 Å². The van der Waals surface area contributed by atoms with Gasteiger partial charge in [0.25, 0.3) is 0 Å². The summed E-state index contributed by atoms with van der Waals surface area (Å²) in [5.74, 6) is 0.995. The molecule has 116 valence electrons. The molecule has 3 rings (SSSR count). The third kappa shape index (κ3) is 2.92. The summed E-state index contributed by atoms with van der Waals surface area (Å²) in [6.45, 7) is 7.38. The van der Waals surface area contributed by atoms with Gasteiger partial charge in [0.2, 0.25) is 0 Å². The monoisotopic (exact) mass is 278 g/mol. The molecule has 1 N–H and O–H groups in total. The summed E-state index contributed by atoms with van der Waals surface area (Å²) in [5.41, 5.74) is 0.445. The topological polar surface area (TPSA) is 15.3 Å². The molecule has 1 unspecified atom stereocenters. The average Bonchev–Trinajstić information content (AvgIpc) is 3.33. The van der Waals surface area contributed by atoms with Crippen molar-refractivity contribution in [3.8, 4) is 0 Å². The Kier molecular flexibility index (Phi) is 4.72. The van der Waals surface area contributed by atoms with Gasteiger partial charge in [-0.25, -0.2) is 0 Å². The van der Waals surface area contributed by atoms with Crippen molar-refractivity contribution < 1.29 is 0 Å². The first-order valence-corrected chi connectivity index (χ1v) is 9.29. The first kappa shape index (κ1) is 14.8. The van der Waals surface area contributed by atoms with Crippen molar-refractivity contribution in [3.05, 3.63) is 0 Å². The molecule has 3 fully saturated rings. The van der Waals surface area contributed by atoms with Crippen molar-refractivity contribution in [3.63, 3.8) is 0 Å². The van der Waals surface area contributed by atoms with Crippen molar-refractivity contribution in [2.75, 3.05) is 13.1 Å². The Morgan fingerprint density at radius 1 is 0.950 bits per heavy atom. The molecule has 1 heterocycles. The maximum Gasteiger partial charge on any atom is 0.0332 e. The SMILES string of the molecule is CCC1(CC)CNC(C2CC2)CN1C1CCCCCC1. The van der Waals surface area contributed by atoms with Crippen LogP contribution in [0.25, 0.3) is 0 Å². The van der Waals surface area contributed by atoms with Gasteiger partial charge in [-0.3, -0.25) is 4.90 Å². The van der Waals surface area contributed by atoms with Gasteiger partial charge >= 0.3 is 0 Å². The van der Waals surface area contributed by atoms with Gasteiger partial charge in [-0.2, -0.15) is 0 Å². The van der Waals surface area contributed by atoms with E-state index in [1.165, 1.54) is 77.3 Å². The Balaban J connectivity index is 1.75. The first-order valence-electron chi connectivity index (χ1n) is 9.29. The van der Waals surface area contributed by atoms with E-state index in [1.807, 2.05) is 0 Å².